The summed E-state index contributed by atoms with van der Waals surface area (Å²) in [6.45, 7) is -0.520. The molecule has 0 bridgehead atoms. The molecule has 0 saturated heterocycles. The van der Waals surface area contributed by atoms with Gasteiger partial charge in [0, 0.05) is 119 Å². The largest absolute Gasteiger partial charge is 0.458 e. The Morgan fingerprint density at radius 3 is 0.914 bits per heavy atom. The van der Waals surface area contributed by atoms with Crippen LogP contribution in [0, 0.1) is 0 Å². The Morgan fingerprint density at radius 2 is 0.505 bits per heavy atom. The average molecular weight is 1190 g/mol. The molecule has 0 fully saturated rings. The highest BCUT2D eigenvalue weighted by atomic mass is 16.5. The third-order valence-corrected chi connectivity index (χ3v) is 19.9. The van der Waals surface area contributed by atoms with E-state index in [4.69, 9.17) is 14.2 Å². The molecule has 0 saturated carbocycles. The summed E-state index contributed by atoms with van der Waals surface area (Å²) >= 11 is 0. The summed E-state index contributed by atoms with van der Waals surface area (Å²) < 4.78 is 21.7. The fraction of sp³-hybridized carbons (Fsp3) is 0.0370. The van der Waals surface area contributed by atoms with Crippen LogP contribution in [0.2, 0.25) is 0 Å². The molecule has 0 amide bonds. The van der Waals surface area contributed by atoms with E-state index in [1.54, 1.807) is 0 Å². The Morgan fingerprint density at radius 1 is 0.215 bits per heavy atom. The van der Waals surface area contributed by atoms with Gasteiger partial charge in [-0.1, -0.05) is 158 Å². The summed E-state index contributed by atoms with van der Waals surface area (Å²) in [6.07, 6.45) is 0. The number of anilines is 15. The number of ether oxygens (including phenoxy) is 3. The molecule has 13 aromatic carbocycles. The van der Waals surface area contributed by atoms with Gasteiger partial charge < -0.3 is 43.6 Å². The molecule has 6 heterocycles. The fourth-order valence-corrected chi connectivity index (χ4v) is 15.8. The molecule has 9 nitrogen and oxygen atoms in total. The Bertz CT molecular complexity index is 5070. The Hall–Kier alpha value is -11.7. The smallest absolute Gasteiger partial charge is 0.260 e. The summed E-state index contributed by atoms with van der Waals surface area (Å²) in [5.74, 6) is 4.92. The Labute approximate surface area is 542 Å². The van der Waals surface area contributed by atoms with E-state index >= 15 is 0 Å². The first kappa shape index (κ1) is 53.1. The number of nitrogens with zero attached hydrogens (tertiary/aromatic N) is 6. The minimum absolute atomic E-state index is 0.132. The Balaban J connectivity index is 0.838. The summed E-state index contributed by atoms with van der Waals surface area (Å²) in [5, 5.41) is 0. The third kappa shape index (κ3) is 8.10. The lowest BCUT2D eigenvalue weighted by atomic mass is 9.29. The van der Waals surface area contributed by atoms with Crippen LogP contribution in [0.25, 0.3) is 0 Å². The third-order valence-electron chi connectivity index (χ3n) is 19.9. The molecular formula is C81H57B3N6O3. The molecule has 93 heavy (non-hydrogen) atoms. The van der Waals surface area contributed by atoms with E-state index in [-0.39, 0.29) is 20.1 Å². The lowest BCUT2D eigenvalue weighted by Crippen LogP contribution is -2.66. The van der Waals surface area contributed by atoms with Gasteiger partial charge in [0.2, 0.25) is 0 Å². The molecule has 0 atom stereocenters. The van der Waals surface area contributed by atoms with E-state index in [0.29, 0.717) is 0 Å². The molecule has 0 radical (unpaired) electrons. The van der Waals surface area contributed by atoms with Crippen molar-refractivity contribution in [2.75, 3.05) is 50.5 Å². The first-order valence-electron chi connectivity index (χ1n) is 31.9. The highest BCUT2D eigenvalue weighted by Crippen LogP contribution is 2.49. The van der Waals surface area contributed by atoms with Crippen LogP contribution in [0.3, 0.4) is 0 Å². The van der Waals surface area contributed by atoms with Gasteiger partial charge in [0.1, 0.15) is 34.5 Å². The second kappa shape index (κ2) is 20.6. The molecule has 0 aliphatic carbocycles. The number of hydrogen-bond donors (Lipinski definition) is 0. The molecule has 0 aromatic heterocycles. The second-order valence-electron chi connectivity index (χ2n) is 24.9. The first-order valence-corrected chi connectivity index (χ1v) is 31.9. The molecule has 0 spiro atoms. The van der Waals surface area contributed by atoms with Crippen LogP contribution in [0.1, 0.15) is 0 Å². The maximum absolute atomic E-state index is 7.48. The predicted molar refractivity (Wildman–Crippen MR) is 388 cm³/mol. The quantitative estimate of drug-likeness (QED) is 0.132. The highest BCUT2D eigenvalue weighted by molar-refractivity contribution is 7.03. The molecule has 12 heteroatoms. The van der Waals surface area contributed by atoms with E-state index in [2.05, 4.69) is 342 Å². The number of benzene rings is 13. The van der Waals surface area contributed by atoms with Crippen LogP contribution in [0.5, 0.6) is 34.5 Å². The van der Waals surface area contributed by atoms with Crippen LogP contribution in [-0.4, -0.2) is 41.3 Å². The van der Waals surface area contributed by atoms with E-state index in [0.717, 1.165) is 147 Å². The minimum Gasteiger partial charge on any atom is -0.458 e. The Kier molecular flexibility index (Phi) is 11.8. The van der Waals surface area contributed by atoms with Crippen molar-refractivity contribution in [1.82, 2.24) is 0 Å². The SMILES string of the molecule is CN1c2cc3c(cc2B2c4ccccc4Oc4cc(N(c5ccccc5)c5ccccc5)cc1c42)B1c2cc4c(cc2N(C)c2cc(N(c5ccccc5)c5ccccc5)cc(c21)N3C)Oc1cc(N(c2ccccc2)c2ccccc2)cc2c1B4c1ccccc1O2. The standard InChI is InChI=1S/C81H57B3N6O3/c1-85-68-50-67-63(82-61-38-22-24-40-73(61)91-76-45-59(44-72(80(76)82)86(67)2)89(54-30-14-6-15-31-54)55-32-16-7-17-33-55)48-64(68)84-65-49-66-75(51-69(65)87(3)71-43-58(42-70(85)79(71)84)88(52-26-10-4-11-27-52)53-28-12-5-13-29-53)93-78-47-60(46-77-81(78)83(66)62-39-23-25-41-74(62)92-77)90(56-34-18-8-19-35-56)57-36-20-9-21-37-57/h4-51H,1-3H3. The van der Waals surface area contributed by atoms with Crippen molar-refractivity contribution in [3.8, 4) is 34.5 Å². The summed E-state index contributed by atoms with van der Waals surface area (Å²) in [7, 11) is 6.74. The van der Waals surface area contributed by atoms with Crippen molar-refractivity contribution in [1.29, 1.82) is 0 Å². The van der Waals surface area contributed by atoms with Crippen molar-refractivity contribution in [3.05, 3.63) is 291 Å². The van der Waals surface area contributed by atoms with Gasteiger partial charge in [-0.25, -0.2) is 0 Å². The van der Waals surface area contributed by atoms with Crippen LogP contribution in [0.4, 0.5) is 85.3 Å². The van der Waals surface area contributed by atoms with Gasteiger partial charge in [0.15, 0.2) is 0 Å². The van der Waals surface area contributed by atoms with Crippen LogP contribution < -0.4 is 92.8 Å². The molecule has 13 aromatic rings. The van der Waals surface area contributed by atoms with Crippen molar-refractivity contribution >= 4 is 155 Å². The van der Waals surface area contributed by atoms with Crippen molar-refractivity contribution in [2.45, 2.75) is 0 Å². The minimum atomic E-state index is -0.198. The predicted octanol–water partition coefficient (Wildman–Crippen LogP) is 14.2. The maximum atomic E-state index is 7.48. The molecule has 6 aliphatic rings. The first-order chi connectivity index (χ1) is 45.9. The summed E-state index contributed by atoms with van der Waals surface area (Å²) in [5.41, 5.74) is 26.6. The van der Waals surface area contributed by atoms with Gasteiger partial charge >= 0.3 is 0 Å². The van der Waals surface area contributed by atoms with Crippen molar-refractivity contribution < 1.29 is 14.2 Å². The zero-order valence-electron chi connectivity index (χ0n) is 51.4. The molecule has 6 aliphatic heterocycles. The maximum Gasteiger partial charge on any atom is 0.260 e. The van der Waals surface area contributed by atoms with Gasteiger partial charge in [-0.15, -0.1) is 0 Å². The van der Waals surface area contributed by atoms with Gasteiger partial charge in [-0.2, -0.15) is 0 Å². The highest BCUT2D eigenvalue weighted by Gasteiger charge is 2.49. The topological polar surface area (TPSA) is 47.1 Å². The number of fused-ring (bicyclic) bond motifs is 12. The molecule has 19 rings (SSSR count). The van der Waals surface area contributed by atoms with Gasteiger partial charge in [0.25, 0.3) is 20.1 Å². The number of rotatable bonds is 9. The van der Waals surface area contributed by atoms with E-state index in [9.17, 15) is 0 Å². The van der Waals surface area contributed by atoms with E-state index in [1.165, 1.54) is 21.9 Å². The van der Waals surface area contributed by atoms with Crippen LogP contribution in [0.15, 0.2) is 291 Å². The number of para-hydroxylation sites is 8. The van der Waals surface area contributed by atoms with Crippen LogP contribution >= 0.6 is 0 Å². The lowest BCUT2D eigenvalue weighted by molar-refractivity contribution is 0.465. The second-order valence-corrected chi connectivity index (χ2v) is 24.9. The lowest BCUT2D eigenvalue weighted by Gasteiger charge is -2.45. The molecule has 0 N–H and O–H groups in total. The zero-order valence-corrected chi connectivity index (χ0v) is 51.4. The fourth-order valence-electron chi connectivity index (χ4n) is 15.8. The summed E-state index contributed by atoms with van der Waals surface area (Å²) in [4.78, 5) is 14.3. The average Bonchev–Trinajstić information content (AvgIpc) is 0.697. The summed E-state index contributed by atoms with van der Waals surface area (Å²) in [6, 6.07) is 105. The van der Waals surface area contributed by atoms with Gasteiger partial charge in [-0.3, -0.25) is 0 Å². The van der Waals surface area contributed by atoms with Gasteiger partial charge in [0.05, 0.1) is 17.1 Å². The number of hydrogen-bond acceptors (Lipinski definition) is 9. The van der Waals surface area contributed by atoms with Crippen LogP contribution in [-0.2, 0) is 0 Å². The van der Waals surface area contributed by atoms with Crippen molar-refractivity contribution in [2.24, 2.45) is 0 Å². The normalized spacial score (nSPS) is 13.5. The van der Waals surface area contributed by atoms with Crippen molar-refractivity contribution in [3.63, 3.8) is 0 Å². The molecule has 438 valence electrons. The zero-order chi connectivity index (χ0) is 61.6. The monoisotopic (exact) mass is 1190 g/mol. The van der Waals surface area contributed by atoms with E-state index < -0.39 is 0 Å². The molecular weight excluding hydrogens is 1140 g/mol. The van der Waals surface area contributed by atoms with E-state index in [1.807, 2.05) is 0 Å². The van der Waals surface area contributed by atoms with Gasteiger partial charge in [-0.05, 0) is 153 Å². The molecule has 0 unspecified atom stereocenters.